The van der Waals surface area contributed by atoms with Gasteiger partial charge in [-0.1, -0.05) is 23.2 Å². The van der Waals surface area contributed by atoms with Crippen molar-refractivity contribution in [3.8, 4) is 0 Å². The van der Waals surface area contributed by atoms with Gasteiger partial charge in [0.05, 0.1) is 14.9 Å². The van der Waals surface area contributed by atoms with Crippen molar-refractivity contribution in [2.75, 3.05) is 13.6 Å². The van der Waals surface area contributed by atoms with Crippen LogP contribution in [0.2, 0.25) is 10.0 Å². The van der Waals surface area contributed by atoms with Crippen molar-refractivity contribution >= 4 is 39.1 Å². The van der Waals surface area contributed by atoms with Crippen LogP contribution >= 0.6 is 23.2 Å². The number of amides is 1. The SMILES string of the molecule is CN1CC(NS(=O)(=O)c2ccc(Cl)c(Cl)c2)CC1=O. The first-order valence-electron chi connectivity index (χ1n) is 5.51. The summed E-state index contributed by atoms with van der Waals surface area (Å²) in [6.45, 7) is 0.361. The molecule has 8 heteroatoms. The molecule has 1 atom stereocenters. The van der Waals surface area contributed by atoms with Crippen molar-refractivity contribution in [2.45, 2.75) is 17.4 Å². The van der Waals surface area contributed by atoms with E-state index < -0.39 is 16.1 Å². The van der Waals surface area contributed by atoms with Crippen LogP contribution in [0.25, 0.3) is 0 Å². The Hall–Kier alpha value is -0.820. The first-order chi connectivity index (χ1) is 8.79. The van der Waals surface area contributed by atoms with Gasteiger partial charge < -0.3 is 4.90 Å². The quantitative estimate of drug-likeness (QED) is 0.917. The highest BCUT2D eigenvalue weighted by atomic mass is 35.5. The molecule has 0 radical (unpaired) electrons. The molecule has 104 valence electrons. The molecule has 0 saturated carbocycles. The first-order valence-corrected chi connectivity index (χ1v) is 7.75. The Morgan fingerprint density at radius 2 is 2.00 bits per heavy atom. The van der Waals surface area contributed by atoms with Gasteiger partial charge in [0.1, 0.15) is 0 Å². The Kier molecular flexibility index (Phi) is 4.06. The molecule has 0 aliphatic carbocycles. The van der Waals surface area contributed by atoms with E-state index in [4.69, 9.17) is 23.2 Å². The van der Waals surface area contributed by atoms with Crippen LogP contribution in [0, 0.1) is 0 Å². The smallest absolute Gasteiger partial charge is 0.240 e. The van der Waals surface area contributed by atoms with Gasteiger partial charge in [-0.25, -0.2) is 13.1 Å². The van der Waals surface area contributed by atoms with Crippen molar-refractivity contribution < 1.29 is 13.2 Å². The first kappa shape index (κ1) is 14.6. The maximum Gasteiger partial charge on any atom is 0.240 e. The number of nitrogens with zero attached hydrogens (tertiary/aromatic N) is 1. The summed E-state index contributed by atoms with van der Waals surface area (Å²) in [4.78, 5) is 12.9. The molecule has 2 rings (SSSR count). The number of likely N-dealkylation sites (N-methyl/N-ethyl adjacent to an activating group) is 1. The molecule has 0 bridgehead atoms. The van der Waals surface area contributed by atoms with Gasteiger partial charge in [-0.2, -0.15) is 0 Å². The number of carbonyl (C=O) groups is 1. The van der Waals surface area contributed by atoms with Crippen LogP contribution in [-0.2, 0) is 14.8 Å². The van der Waals surface area contributed by atoms with Gasteiger partial charge >= 0.3 is 0 Å². The molecule has 19 heavy (non-hydrogen) atoms. The fourth-order valence-electron chi connectivity index (χ4n) is 1.87. The van der Waals surface area contributed by atoms with Gasteiger partial charge in [0, 0.05) is 26.1 Å². The van der Waals surface area contributed by atoms with Crippen molar-refractivity contribution in [1.82, 2.24) is 9.62 Å². The van der Waals surface area contributed by atoms with Gasteiger partial charge in [-0.05, 0) is 18.2 Å². The Labute approximate surface area is 121 Å². The molecule has 1 unspecified atom stereocenters. The molecule has 1 N–H and O–H groups in total. The zero-order chi connectivity index (χ0) is 14.2. The molecule has 1 aromatic rings. The standard InChI is InChI=1S/C11H12Cl2N2O3S/c1-15-6-7(4-11(15)16)14-19(17,18)8-2-3-9(12)10(13)5-8/h2-3,5,7,14H,4,6H2,1H3. The second kappa shape index (κ2) is 5.28. The van der Waals surface area contributed by atoms with Crippen LogP contribution in [0.1, 0.15) is 6.42 Å². The Bertz CT molecular complexity index is 618. The van der Waals surface area contributed by atoms with E-state index >= 15 is 0 Å². The van der Waals surface area contributed by atoms with Crippen molar-refractivity contribution in [1.29, 1.82) is 0 Å². The number of sulfonamides is 1. The molecule has 1 fully saturated rings. The maximum absolute atomic E-state index is 12.1. The molecular weight excluding hydrogens is 311 g/mol. The molecule has 1 aliphatic heterocycles. The molecule has 1 aliphatic rings. The number of rotatable bonds is 3. The lowest BCUT2D eigenvalue weighted by Crippen LogP contribution is -2.36. The van der Waals surface area contributed by atoms with E-state index in [-0.39, 0.29) is 27.3 Å². The summed E-state index contributed by atoms with van der Waals surface area (Å²) < 4.78 is 26.7. The van der Waals surface area contributed by atoms with E-state index in [1.807, 2.05) is 0 Å². The second-order valence-electron chi connectivity index (χ2n) is 4.37. The monoisotopic (exact) mass is 322 g/mol. The number of nitrogens with one attached hydrogen (secondary N) is 1. The summed E-state index contributed by atoms with van der Waals surface area (Å²) in [5.74, 6) is -0.0816. The number of halogens is 2. The molecule has 1 amide bonds. The summed E-state index contributed by atoms with van der Waals surface area (Å²) in [6, 6.07) is 3.66. The fourth-order valence-corrected chi connectivity index (χ4v) is 3.49. The average Bonchev–Trinajstić information content (AvgIpc) is 2.60. The van der Waals surface area contributed by atoms with E-state index in [0.29, 0.717) is 6.54 Å². The van der Waals surface area contributed by atoms with Gasteiger partial charge in [-0.15, -0.1) is 0 Å². The minimum absolute atomic E-state index is 0.0314. The van der Waals surface area contributed by atoms with Crippen LogP contribution in [0.5, 0.6) is 0 Å². The van der Waals surface area contributed by atoms with Crippen molar-refractivity contribution in [3.05, 3.63) is 28.2 Å². The lowest BCUT2D eigenvalue weighted by molar-refractivity contribution is -0.126. The number of likely N-dealkylation sites (tertiary alicyclic amines) is 1. The lowest BCUT2D eigenvalue weighted by Gasteiger charge is -2.13. The average molecular weight is 323 g/mol. The second-order valence-corrected chi connectivity index (χ2v) is 6.90. The molecular formula is C11H12Cl2N2O3S. The predicted molar refractivity (Wildman–Crippen MR) is 72.8 cm³/mol. The highest BCUT2D eigenvalue weighted by molar-refractivity contribution is 7.89. The van der Waals surface area contributed by atoms with Crippen LogP contribution in [0.15, 0.2) is 23.1 Å². The van der Waals surface area contributed by atoms with E-state index in [9.17, 15) is 13.2 Å². The zero-order valence-electron chi connectivity index (χ0n) is 10.1. The lowest BCUT2D eigenvalue weighted by atomic mass is 10.3. The summed E-state index contributed by atoms with van der Waals surface area (Å²) in [5, 5.41) is 0.459. The van der Waals surface area contributed by atoms with E-state index in [1.165, 1.54) is 23.1 Å². The molecule has 1 saturated heterocycles. The summed E-state index contributed by atoms with van der Waals surface area (Å²) in [6.07, 6.45) is 0.164. The Balaban J connectivity index is 2.19. The fraction of sp³-hybridized carbons (Fsp3) is 0.364. The Morgan fingerprint density at radius 1 is 1.32 bits per heavy atom. The number of hydrogen-bond donors (Lipinski definition) is 1. The van der Waals surface area contributed by atoms with Gasteiger partial charge in [0.2, 0.25) is 15.9 Å². The topological polar surface area (TPSA) is 66.5 Å². The largest absolute Gasteiger partial charge is 0.344 e. The third-order valence-electron chi connectivity index (χ3n) is 2.86. The molecule has 1 heterocycles. The molecule has 0 aromatic heterocycles. The molecule has 0 spiro atoms. The van der Waals surface area contributed by atoms with E-state index in [0.717, 1.165) is 0 Å². The predicted octanol–water partition coefficient (Wildman–Crippen LogP) is 1.50. The maximum atomic E-state index is 12.1. The minimum Gasteiger partial charge on any atom is -0.344 e. The number of hydrogen-bond acceptors (Lipinski definition) is 3. The summed E-state index contributed by atoms with van der Waals surface area (Å²) in [7, 11) is -2.07. The van der Waals surface area contributed by atoms with Gasteiger partial charge in [-0.3, -0.25) is 4.79 Å². The summed E-state index contributed by atoms with van der Waals surface area (Å²) >= 11 is 11.5. The van der Waals surface area contributed by atoms with E-state index in [1.54, 1.807) is 7.05 Å². The number of carbonyl (C=O) groups excluding carboxylic acids is 1. The molecule has 5 nitrogen and oxygen atoms in total. The molecule has 1 aromatic carbocycles. The van der Waals surface area contributed by atoms with E-state index in [2.05, 4.69) is 4.72 Å². The third-order valence-corrected chi connectivity index (χ3v) is 5.12. The highest BCUT2D eigenvalue weighted by Gasteiger charge is 2.30. The van der Waals surface area contributed by atoms with Gasteiger partial charge in [0.25, 0.3) is 0 Å². The summed E-state index contributed by atoms with van der Waals surface area (Å²) in [5.41, 5.74) is 0. The highest BCUT2D eigenvalue weighted by Crippen LogP contribution is 2.25. The number of benzene rings is 1. The van der Waals surface area contributed by atoms with Crippen molar-refractivity contribution in [2.24, 2.45) is 0 Å². The van der Waals surface area contributed by atoms with Crippen LogP contribution in [0.3, 0.4) is 0 Å². The van der Waals surface area contributed by atoms with Crippen molar-refractivity contribution in [3.63, 3.8) is 0 Å². The van der Waals surface area contributed by atoms with Crippen LogP contribution in [-0.4, -0.2) is 38.9 Å². The normalized spacial score (nSPS) is 20.1. The van der Waals surface area contributed by atoms with Crippen LogP contribution in [0.4, 0.5) is 0 Å². The third kappa shape index (κ3) is 3.20. The van der Waals surface area contributed by atoms with Gasteiger partial charge in [0.15, 0.2) is 0 Å². The Morgan fingerprint density at radius 3 is 2.53 bits per heavy atom. The van der Waals surface area contributed by atoms with Crippen LogP contribution < -0.4 is 4.72 Å². The minimum atomic E-state index is -3.70. The zero-order valence-corrected chi connectivity index (χ0v) is 12.4.